The first-order chi connectivity index (χ1) is 9.23. The van der Waals surface area contributed by atoms with Gasteiger partial charge in [-0.25, -0.2) is 0 Å². The Kier molecular flexibility index (Phi) is 4.59. The lowest BCUT2D eigenvalue weighted by atomic mass is 9.63. The van der Waals surface area contributed by atoms with Gasteiger partial charge in [0.2, 0.25) is 5.91 Å². The number of aliphatic hydroxyl groups is 1. The Bertz CT molecular complexity index is 412. The molecule has 1 aromatic carbocycles. The van der Waals surface area contributed by atoms with Crippen LogP contribution in [0.4, 0.5) is 0 Å². The number of carbonyl (C=O) groups excluding carboxylic acids is 1. The van der Waals surface area contributed by atoms with Crippen LogP contribution in [0.2, 0.25) is 0 Å². The third-order valence-electron chi connectivity index (χ3n) is 4.27. The van der Waals surface area contributed by atoms with Gasteiger partial charge in [0, 0.05) is 12.6 Å². The van der Waals surface area contributed by atoms with Gasteiger partial charge in [-0.2, -0.15) is 0 Å². The second kappa shape index (κ2) is 6.20. The number of benzene rings is 1. The second-order valence-corrected chi connectivity index (χ2v) is 5.39. The number of rotatable bonds is 6. The fourth-order valence-corrected chi connectivity index (χ4v) is 2.79. The van der Waals surface area contributed by atoms with Gasteiger partial charge in [-0.1, -0.05) is 43.7 Å². The van der Waals surface area contributed by atoms with E-state index in [1.165, 1.54) is 0 Å². The summed E-state index contributed by atoms with van der Waals surface area (Å²) in [6.45, 7) is 2.16. The summed E-state index contributed by atoms with van der Waals surface area (Å²) in [5, 5.41) is 12.1. The van der Waals surface area contributed by atoms with Crippen molar-refractivity contribution in [2.45, 2.75) is 50.5 Å². The molecule has 0 heterocycles. The fourth-order valence-electron chi connectivity index (χ4n) is 2.79. The summed E-state index contributed by atoms with van der Waals surface area (Å²) in [6.07, 6.45) is 4.46. The molecule has 1 saturated carbocycles. The van der Waals surface area contributed by atoms with Crippen molar-refractivity contribution in [3.05, 3.63) is 35.9 Å². The molecule has 2 N–H and O–H groups in total. The lowest BCUT2D eigenvalue weighted by Crippen LogP contribution is -2.52. The topological polar surface area (TPSA) is 49.3 Å². The van der Waals surface area contributed by atoms with Crippen molar-refractivity contribution in [2.75, 3.05) is 6.61 Å². The summed E-state index contributed by atoms with van der Waals surface area (Å²) in [5.74, 6) is 0.130. The van der Waals surface area contributed by atoms with Gasteiger partial charge in [0.15, 0.2) is 0 Å². The Balaban J connectivity index is 2.11. The van der Waals surface area contributed by atoms with Crippen LogP contribution < -0.4 is 5.32 Å². The Labute approximate surface area is 115 Å². The van der Waals surface area contributed by atoms with E-state index in [1.807, 2.05) is 37.3 Å². The normalized spacial score (nSPS) is 18.4. The van der Waals surface area contributed by atoms with Gasteiger partial charge in [0.05, 0.1) is 5.41 Å². The van der Waals surface area contributed by atoms with Crippen LogP contribution >= 0.6 is 0 Å². The third-order valence-corrected chi connectivity index (χ3v) is 4.27. The summed E-state index contributed by atoms with van der Waals surface area (Å²) in [6, 6.07) is 10.1. The standard InChI is InChI=1S/C16H23NO2/c1-2-14(9-12-18)17-15(19)16(10-6-11-16)13-7-4-3-5-8-13/h3-5,7-8,14,18H,2,6,9-12H2,1H3,(H,17,19). The highest BCUT2D eigenvalue weighted by molar-refractivity contribution is 5.89. The minimum Gasteiger partial charge on any atom is -0.396 e. The molecule has 1 atom stereocenters. The molecule has 0 aliphatic heterocycles. The van der Waals surface area contributed by atoms with Gasteiger partial charge >= 0.3 is 0 Å². The molecule has 0 bridgehead atoms. The number of nitrogens with one attached hydrogen (secondary N) is 1. The van der Waals surface area contributed by atoms with Gasteiger partial charge in [-0.15, -0.1) is 0 Å². The molecule has 0 radical (unpaired) electrons. The minimum absolute atomic E-state index is 0.0821. The van der Waals surface area contributed by atoms with E-state index in [4.69, 9.17) is 5.11 Å². The van der Waals surface area contributed by atoms with Crippen LogP contribution in [0, 0.1) is 0 Å². The SMILES string of the molecule is CCC(CCO)NC(=O)C1(c2ccccc2)CCC1. The Morgan fingerprint density at radius 2 is 2.05 bits per heavy atom. The minimum atomic E-state index is -0.329. The van der Waals surface area contributed by atoms with E-state index in [2.05, 4.69) is 5.32 Å². The van der Waals surface area contributed by atoms with E-state index in [9.17, 15) is 4.79 Å². The maximum Gasteiger partial charge on any atom is 0.230 e. The van der Waals surface area contributed by atoms with Crippen LogP contribution in [0.3, 0.4) is 0 Å². The monoisotopic (exact) mass is 261 g/mol. The quantitative estimate of drug-likeness (QED) is 0.826. The lowest BCUT2D eigenvalue weighted by Gasteiger charge is -2.41. The van der Waals surface area contributed by atoms with Crippen LogP contribution in [0.5, 0.6) is 0 Å². The third kappa shape index (κ3) is 2.81. The largest absolute Gasteiger partial charge is 0.396 e. The van der Waals surface area contributed by atoms with Crippen LogP contribution in [0.15, 0.2) is 30.3 Å². The Hall–Kier alpha value is -1.35. The van der Waals surface area contributed by atoms with E-state index in [1.54, 1.807) is 0 Å². The molecule has 0 saturated heterocycles. The molecule has 1 aliphatic carbocycles. The molecule has 1 aromatic rings. The molecule has 0 spiro atoms. The van der Waals surface area contributed by atoms with Crippen LogP contribution in [-0.2, 0) is 10.2 Å². The van der Waals surface area contributed by atoms with Crippen molar-refractivity contribution < 1.29 is 9.90 Å². The van der Waals surface area contributed by atoms with Gasteiger partial charge in [-0.05, 0) is 31.2 Å². The number of aliphatic hydroxyl groups excluding tert-OH is 1. The lowest BCUT2D eigenvalue weighted by molar-refractivity contribution is -0.130. The van der Waals surface area contributed by atoms with E-state index >= 15 is 0 Å². The average molecular weight is 261 g/mol. The van der Waals surface area contributed by atoms with Crippen LogP contribution in [0.25, 0.3) is 0 Å². The van der Waals surface area contributed by atoms with E-state index in [0.717, 1.165) is 31.2 Å². The highest BCUT2D eigenvalue weighted by Gasteiger charge is 2.45. The van der Waals surface area contributed by atoms with Crippen molar-refractivity contribution in [2.24, 2.45) is 0 Å². The molecule has 3 heteroatoms. The fraction of sp³-hybridized carbons (Fsp3) is 0.562. The molecule has 3 nitrogen and oxygen atoms in total. The zero-order valence-corrected chi connectivity index (χ0v) is 11.6. The zero-order chi connectivity index (χ0) is 13.7. The predicted molar refractivity (Wildman–Crippen MR) is 75.9 cm³/mol. The molecule has 1 amide bonds. The van der Waals surface area contributed by atoms with E-state index in [0.29, 0.717) is 6.42 Å². The maximum absolute atomic E-state index is 12.6. The highest BCUT2D eigenvalue weighted by Crippen LogP contribution is 2.44. The molecule has 104 valence electrons. The second-order valence-electron chi connectivity index (χ2n) is 5.39. The van der Waals surface area contributed by atoms with Crippen molar-refractivity contribution in [1.29, 1.82) is 0 Å². The van der Waals surface area contributed by atoms with E-state index in [-0.39, 0.29) is 24.0 Å². The van der Waals surface area contributed by atoms with Crippen LogP contribution in [0.1, 0.15) is 44.6 Å². The molecular weight excluding hydrogens is 238 g/mol. The van der Waals surface area contributed by atoms with Gasteiger partial charge < -0.3 is 10.4 Å². The van der Waals surface area contributed by atoms with Crippen molar-refractivity contribution in [3.63, 3.8) is 0 Å². The smallest absolute Gasteiger partial charge is 0.230 e. The summed E-state index contributed by atoms with van der Waals surface area (Å²) in [4.78, 5) is 12.6. The summed E-state index contributed by atoms with van der Waals surface area (Å²) >= 11 is 0. The zero-order valence-electron chi connectivity index (χ0n) is 11.6. The molecule has 1 fully saturated rings. The Morgan fingerprint density at radius 3 is 2.53 bits per heavy atom. The predicted octanol–water partition coefficient (Wildman–Crippen LogP) is 2.39. The first kappa shape index (κ1) is 14.1. The average Bonchev–Trinajstić information content (AvgIpc) is 2.38. The molecule has 1 aliphatic rings. The molecule has 19 heavy (non-hydrogen) atoms. The number of hydrogen-bond acceptors (Lipinski definition) is 2. The van der Waals surface area contributed by atoms with Gasteiger partial charge in [0.1, 0.15) is 0 Å². The number of carbonyl (C=O) groups is 1. The van der Waals surface area contributed by atoms with Gasteiger partial charge in [0.25, 0.3) is 0 Å². The first-order valence-electron chi connectivity index (χ1n) is 7.20. The number of hydrogen-bond donors (Lipinski definition) is 2. The summed E-state index contributed by atoms with van der Waals surface area (Å²) in [5.41, 5.74) is 0.794. The van der Waals surface area contributed by atoms with Crippen molar-refractivity contribution in [1.82, 2.24) is 5.32 Å². The molecule has 1 unspecified atom stereocenters. The first-order valence-corrected chi connectivity index (χ1v) is 7.20. The van der Waals surface area contributed by atoms with Crippen LogP contribution in [-0.4, -0.2) is 23.7 Å². The molecule has 2 rings (SSSR count). The number of amides is 1. The van der Waals surface area contributed by atoms with E-state index < -0.39 is 0 Å². The highest BCUT2D eigenvalue weighted by atomic mass is 16.3. The Morgan fingerprint density at radius 1 is 1.37 bits per heavy atom. The molecule has 0 aromatic heterocycles. The van der Waals surface area contributed by atoms with Crippen molar-refractivity contribution in [3.8, 4) is 0 Å². The summed E-state index contributed by atoms with van der Waals surface area (Å²) < 4.78 is 0. The molecular formula is C16H23NO2. The maximum atomic E-state index is 12.6. The van der Waals surface area contributed by atoms with Gasteiger partial charge in [-0.3, -0.25) is 4.79 Å². The summed E-state index contributed by atoms with van der Waals surface area (Å²) in [7, 11) is 0. The van der Waals surface area contributed by atoms with Crippen molar-refractivity contribution >= 4 is 5.91 Å².